The number of hydrogen-bond donors (Lipinski definition) is 2. The molecular formula is C33H53N3O4. The molecule has 0 spiro atoms. The molecule has 40 heavy (non-hydrogen) atoms. The number of terminal acetylenes is 1. The summed E-state index contributed by atoms with van der Waals surface area (Å²) in [6.07, 6.45) is 13.7. The zero-order valence-electron chi connectivity index (χ0n) is 26.0. The Hall–Kier alpha value is -3.01. The van der Waals surface area contributed by atoms with Gasteiger partial charge in [0.05, 0.1) is 0 Å². The highest BCUT2D eigenvalue weighted by Gasteiger charge is 2.37. The number of nitrogens with zero attached hydrogens (tertiary/aromatic N) is 1. The van der Waals surface area contributed by atoms with Gasteiger partial charge in [-0.1, -0.05) is 90.7 Å². The Balaban J connectivity index is 3.46. The maximum atomic E-state index is 14.3. The Labute approximate surface area is 243 Å². The van der Waals surface area contributed by atoms with Crippen LogP contribution >= 0.6 is 0 Å². The fraction of sp³-hybridized carbons (Fsp3) is 0.667. The molecule has 0 aliphatic heterocycles. The highest BCUT2D eigenvalue weighted by molar-refractivity contribution is 5.92. The van der Waals surface area contributed by atoms with E-state index in [2.05, 4.69) is 30.4 Å². The largest absolute Gasteiger partial charge is 0.444 e. The van der Waals surface area contributed by atoms with Gasteiger partial charge < -0.3 is 20.3 Å². The number of nitrogens with one attached hydrogen (secondary N) is 2. The summed E-state index contributed by atoms with van der Waals surface area (Å²) < 4.78 is 5.49. The van der Waals surface area contributed by atoms with Crippen molar-refractivity contribution in [1.82, 2.24) is 15.5 Å². The minimum atomic E-state index is -0.848. The molecular weight excluding hydrogens is 502 g/mol. The highest BCUT2D eigenvalue weighted by Crippen LogP contribution is 2.26. The van der Waals surface area contributed by atoms with Crippen LogP contribution in [0.25, 0.3) is 0 Å². The van der Waals surface area contributed by atoms with Crippen LogP contribution in [-0.4, -0.2) is 47.5 Å². The van der Waals surface area contributed by atoms with Crippen LogP contribution in [0.3, 0.4) is 0 Å². The third kappa shape index (κ3) is 12.4. The number of ether oxygens (including phenoxy) is 1. The van der Waals surface area contributed by atoms with Gasteiger partial charge in [-0.15, -0.1) is 6.42 Å². The van der Waals surface area contributed by atoms with Crippen molar-refractivity contribution >= 4 is 17.9 Å². The summed E-state index contributed by atoms with van der Waals surface area (Å²) in [5, 5.41) is 5.86. The average Bonchev–Trinajstić information content (AvgIpc) is 2.91. The normalized spacial score (nSPS) is 13.4. The van der Waals surface area contributed by atoms with E-state index >= 15 is 0 Å². The van der Waals surface area contributed by atoms with Crippen molar-refractivity contribution in [3.63, 3.8) is 0 Å². The summed E-state index contributed by atoms with van der Waals surface area (Å²) in [7, 11) is 0. The lowest BCUT2D eigenvalue weighted by atomic mass is 9.95. The number of carbonyl (C=O) groups is 3. The van der Waals surface area contributed by atoms with Crippen molar-refractivity contribution in [2.45, 2.75) is 124 Å². The highest BCUT2D eigenvalue weighted by atomic mass is 16.6. The van der Waals surface area contributed by atoms with Crippen LogP contribution < -0.4 is 10.6 Å². The lowest BCUT2D eigenvalue weighted by molar-refractivity contribution is -0.143. The SMILES string of the molecule is C#Cc1ccc(C(C(=O)NCCCC)N(CCCCCCCC)C(=O)C(NC(=O)OC(C)(C)C)C(C)CC)cc1. The molecule has 0 aliphatic rings. The first-order chi connectivity index (χ1) is 19.0. The summed E-state index contributed by atoms with van der Waals surface area (Å²) in [4.78, 5) is 42.5. The first kappa shape index (κ1) is 35.0. The maximum absolute atomic E-state index is 14.3. The van der Waals surface area contributed by atoms with E-state index < -0.39 is 23.8 Å². The minimum Gasteiger partial charge on any atom is -0.444 e. The Bertz CT molecular complexity index is 946. The number of unbranched alkanes of at least 4 members (excludes halogenated alkanes) is 6. The molecule has 0 radical (unpaired) electrons. The van der Waals surface area contributed by atoms with Crippen molar-refractivity contribution in [2.24, 2.45) is 5.92 Å². The van der Waals surface area contributed by atoms with Crippen LogP contribution in [0.2, 0.25) is 0 Å². The van der Waals surface area contributed by atoms with Gasteiger partial charge in [0.15, 0.2) is 0 Å². The molecule has 3 atom stereocenters. The van der Waals surface area contributed by atoms with E-state index in [0.29, 0.717) is 30.6 Å². The summed E-state index contributed by atoms with van der Waals surface area (Å²) in [6.45, 7) is 14.4. The molecule has 7 heteroatoms. The first-order valence-electron chi connectivity index (χ1n) is 15.1. The predicted molar refractivity (Wildman–Crippen MR) is 163 cm³/mol. The quantitative estimate of drug-likeness (QED) is 0.164. The number of alkyl carbamates (subject to hydrolysis) is 1. The lowest BCUT2D eigenvalue weighted by Gasteiger charge is -2.36. The number of rotatable bonds is 17. The van der Waals surface area contributed by atoms with Gasteiger partial charge in [-0.05, 0) is 57.2 Å². The van der Waals surface area contributed by atoms with Crippen molar-refractivity contribution < 1.29 is 19.1 Å². The van der Waals surface area contributed by atoms with E-state index in [1.807, 2.05) is 26.0 Å². The van der Waals surface area contributed by atoms with Gasteiger partial charge in [-0.2, -0.15) is 0 Å². The van der Waals surface area contributed by atoms with Crippen molar-refractivity contribution in [2.75, 3.05) is 13.1 Å². The van der Waals surface area contributed by atoms with Gasteiger partial charge in [0.2, 0.25) is 11.8 Å². The van der Waals surface area contributed by atoms with Gasteiger partial charge in [-0.25, -0.2) is 4.79 Å². The van der Waals surface area contributed by atoms with Gasteiger partial charge in [0.25, 0.3) is 0 Å². The molecule has 0 aliphatic carbocycles. The molecule has 0 saturated heterocycles. The summed E-state index contributed by atoms with van der Waals surface area (Å²) in [6, 6.07) is 5.54. The van der Waals surface area contributed by atoms with Gasteiger partial charge in [0.1, 0.15) is 17.7 Å². The number of hydrogen-bond acceptors (Lipinski definition) is 4. The predicted octanol–water partition coefficient (Wildman–Crippen LogP) is 6.75. The lowest BCUT2D eigenvalue weighted by Crippen LogP contribution is -2.55. The third-order valence-corrected chi connectivity index (χ3v) is 6.97. The van der Waals surface area contributed by atoms with E-state index in [-0.39, 0.29) is 17.7 Å². The van der Waals surface area contributed by atoms with E-state index in [4.69, 9.17) is 11.2 Å². The number of amides is 3. The molecule has 7 nitrogen and oxygen atoms in total. The molecule has 3 amide bonds. The Morgan fingerprint density at radius 3 is 2.10 bits per heavy atom. The van der Waals surface area contributed by atoms with Crippen molar-refractivity contribution in [3.8, 4) is 12.3 Å². The monoisotopic (exact) mass is 555 g/mol. The van der Waals surface area contributed by atoms with Gasteiger partial charge in [-0.3, -0.25) is 9.59 Å². The Morgan fingerprint density at radius 1 is 0.950 bits per heavy atom. The molecule has 0 aromatic heterocycles. The minimum absolute atomic E-state index is 0.167. The molecule has 1 aromatic rings. The Morgan fingerprint density at radius 2 is 1.55 bits per heavy atom. The van der Waals surface area contributed by atoms with Crippen LogP contribution in [0.4, 0.5) is 4.79 Å². The summed E-state index contributed by atoms with van der Waals surface area (Å²) >= 11 is 0. The summed E-state index contributed by atoms with van der Waals surface area (Å²) in [5.74, 6) is 1.92. The Kier molecular flexibility index (Phi) is 16.1. The van der Waals surface area contributed by atoms with Gasteiger partial charge >= 0.3 is 6.09 Å². The van der Waals surface area contributed by atoms with E-state index in [1.54, 1.807) is 37.8 Å². The first-order valence-corrected chi connectivity index (χ1v) is 15.1. The van der Waals surface area contributed by atoms with E-state index in [0.717, 1.165) is 44.9 Å². The van der Waals surface area contributed by atoms with Crippen LogP contribution in [0, 0.1) is 18.3 Å². The zero-order valence-corrected chi connectivity index (χ0v) is 26.0. The summed E-state index contributed by atoms with van der Waals surface area (Å²) in [5.41, 5.74) is 0.686. The molecule has 1 rings (SSSR count). The molecule has 1 aromatic carbocycles. The molecule has 0 heterocycles. The van der Waals surface area contributed by atoms with Crippen LogP contribution in [0.15, 0.2) is 24.3 Å². The van der Waals surface area contributed by atoms with E-state index in [1.165, 1.54) is 6.42 Å². The van der Waals surface area contributed by atoms with Gasteiger partial charge in [0, 0.05) is 18.7 Å². The standard InChI is InChI=1S/C33H53N3O4/c1-9-13-15-16-17-18-24-36(31(38)28(25(5)11-3)35-32(39)40-33(6,7)8)29(30(37)34-23-14-10-2)27-21-19-26(12-4)20-22-27/h4,19-22,25,28-29H,9-11,13-18,23-24H2,1-3,5-8H3,(H,34,37)(H,35,39). The fourth-order valence-corrected chi connectivity index (χ4v) is 4.44. The third-order valence-electron chi connectivity index (χ3n) is 6.97. The van der Waals surface area contributed by atoms with E-state index in [9.17, 15) is 14.4 Å². The van der Waals surface area contributed by atoms with Crippen LogP contribution in [0.5, 0.6) is 0 Å². The number of carbonyl (C=O) groups excluding carboxylic acids is 3. The number of benzene rings is 1. The van der Waals surface area contributed by atoms with Crippen molar-refractivity contribution in [3.05, 3.63) is 35.4 Å². The molecule has 0 fully saturated rings. The second kappa shape index (κ2) is 18.4. The van der Waals surface area contributed by atoms with Crippen LogP contribution in [0.1, 0.15) is 123 Å². The van der Waals surface area contributed by atoms with Crippen molar-refractivity contribution in [1.29, 1.82) is 0 Å². The zero-order chi connectivity index (χ0) is 30.1. The fourth-order valence-electron chi connectivity index (χ4n) is 4.44. The topological polar surface area (TPSA) is 87.7 Å². The second-order valence-electron chi connectivity index (χ2n) is 11.6. The molecule has 0 bridgehead atoms. The second-order valence-corrected chi connectivity index (χ2v) is 11.6. The molecule has 3 unspecified atom stereocenters. The molecule has 0 saturated carbocycles. The smallest absolute Gasteiger partial charge is 0.408 e. The molecule has 224 valence electrons. The molecule has 2 N–H and O–H groups in total. The average molecular weight is 556 g/mol. The van der Waals surface area contributed by atoms with Crippen LogP contribution in [-0.2, 0) is 14.3 Å². The maximum Gasteiger partial charge on any atom is 0.408 e.